The van der Waals surface area contributed by atoms with Gasteiger partial charge < -0.3 is 10.6 Å². The maximum atomic E-state index is 12.8. The molecule has 8 heteroatoms. The molecule has 1 unspecified atom stereocenters. The number of aryl methyl sites for hydroxylation is 1. The van der Waals surface area contributed by atoms with E-state index in [2.05, 4.69) is 80.2 Å². The zero-order chi connectivity index (χ0) is 26.8. The topological polar surface area (TPSA) is 71.3 Å². The van der Waals surface area contributed by atoms with Gasteiger partial charge >= 0.3 is 0 Å². The van der Waals surface area contributed by atoms with Crippen molar-refractivity contribution in [1.82, 2.24) is 19.9 Å². The number of nitrogens with zero attached hydrogens (tertiary/aromatic N) is 3. The number of amides is 1. The standard InChI is InChI=1S/C31H27BrClN5O/c32-26-19-36-38-29(16-28(37-30(26)38)25-7-3-4-8-27(25)33)34-17-20-9-11-21(12-10-20)18-35-31(39)24-14-13-22-5-1-2-6-23(22)15-24/h1-12,16,19,24,34H,13-15,17-18H2,(H,35,39). The number of carbonyl (C=O) groups is 1. The van der Waals surface area contributed by atoms with Gasteiger partial charge in [-0.3, -0.25) is 4.79 Å². The van der Waals surface area contributed by atoms with Gasteiger partial charge in [0.05, 0.1) is 16.4 Å². The highest BCUT2D eigenvalue weighted by molar-refractivity contribution is 9.10. The molecule has 0 fully saturated rings. The maximum absolute atomic E-state index is 12.8. The molecule has 2 heterocycles. The molecule has 2 aromatic heterocycles. The van der Waals surface area contributed by atoms with Crippen LogP contribution in [0.3, 0.4) is 0 Å². The smallest absolute Gasteiger partial charge is 0.223 e. The van der Waals surface area contributed by atoms with Gasteiger partial charge in [-0.2, -0.15) is 9.61 Å². The van der Waals surface area contributed by atoms with Crippen LogP contribution >= 0.6 is 27.5 Å². The van der Waals surface area contributed by atoms with Crippen molar-refractivity contribution in [3.63, 3.8) is 0 Å². The summed E-state index contributed by atoms with van der Waals surface area (Å²) in [6.45, 7) is 1.13. The number of aromatic nitrogens is 3. The molecule has 5 aromatic rings. The van der Waals surface area contributed by atoms with Crippen LogP contribution in [0, 0.1) is 5.92 Å². The fourth-order valence-corrected chi connectivity index (χ4v) is 5.67. The lowest BCUT2D eigenvalue weighted by atomic mass is 9.83. The van der Waals surface area contributed by atoms with Crippen LogP contribution in [0.5, 0.6) is 0 Å². The number of carbonyl (C=O) groups excluding carboxylic acids is 1. The van der Waals surface area contributed by atoms with Gasteiger partial charge in [0.25, 0.3) is 0 Å². The first-order valence-corrected chi connectivity index (χ1v) is 14.2. The molecule has 1 aliphatic carbocycles. The van der Waals surface area contributed by atoms with Crippen LogP contribution in [0.2, 0.25) is 5.02 Å². The molecule has 0 saturated heterocycles. The highest BCUT2D eigenvalue weighted by Crippen LogP contribution is 2.30. The predicted molar refractivity (Wildman–Crippen MR) is 159 cm³/mol. The highest BCUT2D eigenvalue weighted by atomic mass is 79.9. The number of fused-ring (bicyclic) bond motifs is 2. The van der Waals surface area contributed by atoms with Crippen LogP contribution in [0.15, 0.2) is 89.5 Å². The summed E-state index contributed by atoms with van der Waals surface area (Å²) < 4.78 is 2.58. The molecular formula is C31H27BrClN5O. The van der Waals surface area contributed by atoms with Gasteiger partial charge in [0.15, 0.2) is 5.65 Å². The summed E-state index contributed by atoms with van der Waals surface area (Å²) in [6, 6.07) is 26.4. The first-order chi connectivity index (χ1) is 19.0. The van der Waals surface area contributed by atoms with Gasteiger partial charge in [0.2, 0.25) is 5.91 Å². The van der Waals surface area contributed by atoms with Crippen LogP contribution < -0.4 is 10.6 Å². The van der Waals surface area contributed by atoms with Gasteiger partial charge in [-0.25, -0.2) is 4.98 Å². The van der Waals surface area contributed by atoms with Gasteiger partial charge in [-0.05, 0) is 63.5 Å². The average molecular weight is 601 g/mol. The molecule has 196 valence electrons. The number of halogens is 2. The monoisotopic (exact) mass is 599 g/mol. The number of hydrogen-bond donors (Lipinski definition) is 2. The van der Waals surface area contributed by atoms with Gasteiger partial charge in [0, 0.05) is 35.7 Å². The zero-order valence-corrected chi connectivity index (χ0v) is 23.5. The summed E-state index contributed by atoms with van der Waals surface area (Å²) in [5.74, 6) is 0.987. The first-order valence-electron chi connectivity index (χ1n) is 13.0. The molecule has 1 atom stereocenters. The second-order valence-corrected chi connectivity index (χ2v) is 11.1. The quantitative estimate of drug-likeness (QED) is 0.214. The molecule has 6 rings (SSSR count). The Kier molecular flexibility index (Phi) is 7.35. The Morgan fingerprint density at radius 2 is 1.69 bits per heavy atom. The third-order valence-corrected chi connectivity index (χ3v) is 8.15. The second kappa shape index (κ2) is 11.2. The molecule has 0 spiro atoms. The summed E-state index contributed by atoms with van der Waals surface area (Å²) in [4.78, 5) is 17.6. The van der Waals surface area contributed by atoms with E-state index in [0.717, 1.165) is 51.9 Å². The Labute approximate surface area is 240 Å². The van der Waals surface area contributed by atoms with E-state index in [-0.39, 0.29) is 11.8 Å². The van der Waals surface area contributed by atoms with E-state index in [1.807, 2.05) is 30.3 Å². The molecule has 2 N–H and O–H groups in total. The minimum Gasteiger partial charge on any atom is -0.366 e. The molecule has 0 saturated carbocycles. The van der Waals surface area contributed by atoms with Gasteiger partial charge in [-0.15, -0.1) is 0 Å². The molecule has 1 amide bonds. The summed E-state index contributed by atoms with van der Waals surface area (Å²) in [7, 11) is 0. The SMILES string of the molecule is O=C(NCc1ccc(CNc2cc(-c3ccccc3Cl)nc3c(Br)cnn23)cc1)C1CCc2ccccc2C1. The van der Waals surface area contributed by atoms with Crippen LogP contribution in [-0.2, 0) is 30.7 Å². The molecule has 0 bridgehead atoms. The van der Waals surface area contributed by atoms with Crippen LogP contribution in [0.1, 0.15) is 28.7 Å². The van der Waals surface area contributed by atoms with E-state index in [1.165, 1.54) is 11.1 Å². The normalized spacial score (nSPS) is 14.7. The van der Waals surface area contributed by atoms with Crippen molar-refractivity contribution in [2.75, 3.05) is 5.32 Å². The predicted octanol–water partition coefficient (Wildman–Crippen LogP) is 6.85. The van der Waals surface area contributed by atoms with Crippen molar-refractivity contribution in [3.8, 4) is 11.3 Å². The Bertz CT molecular complexity index is 1650. The van der Waals surface area contributed by atoms with Crippen LogP contribution in [-0.4, -0.2) is 20.5 Å². The Morgan fingerprint density at radius 3 is 2.49 bits per heavy atom. The molecule has 0 aliphatic heterocycles. The van der Waals surface area contributed by atoms with E-state index < -0.39 is 0 Å². The van der Waals surface area contributed by atoms with E-state index >= 15 is 0 Å². The number of benzene rings is 3. The van der Waals surface area contributed by atoms with Crippen LogP contribution in [0.25, 0.3) is 16.9 Å². The Hall–Kier alpha value is -3.68. The lowest BCUT2D eigenvalue weighted by molar-refractivity contribution is -0.125. The summed E-state index contributed by atoms with van der Waals surface area (Å²) >= 11 is 10.0. The molecule has 3 aromatic carbocycles. The van der Waals surface area contributed by atoms with Gasteiger partial charge in [-0.1, -0.05) is 78.3 Å². The Balaban J connectivity index is 1.10. The molecule has 0 radical (unpaired) electrons. The van der Waals surface area contributed by atoms with Crippen molar-refractivity contribution in [2.45, 2.75) is 32.4 Å². The molecular weight excluding hydrogens is 574 g/mol. The maximum Gasteiger partial charge on any atom is 0.223 e. The first kappa shape index (κ1) is 25.6. The van der Waals surface area contributed by atoms with E-state index in [0.29, 0.717) is 23.8 Å². The summed E-state index contributed by atoms with van der Waals surface area (Å²) in [6.07, 6.45) is 4.43. The van der Waals surface area contributed by atoms with Crippen molar-refractivity contribution in [2.24, 2.45) is 5.92 Å². The Morgan fingerprint density at radius 1 is 0.974 bits per heavy atom. The summed E-state index contributed by atoms with van der Waals surface area (Å²) in [5.41, 5.74) is 7.21. The van der Waals surface area contributed by atoms with Crippen molar-refractivity contribution < 1.29 is 4.79 Å². The fraction of sp³-hybridized carbons (Fsp3) is 0.194. The lowest BCUT2D eigenvalue weighted by Crippen LogP contribution is -2.33. The lowest BCUT2D eigenvalue weighted by Gasteiger charge is -2.23. The molecule has 6 nitrogen and oxygen atoms in total. The third kappa shape index (κ3) is 5.56. The van der Waals surface area contributed by atoms with E-state index in [4.69, 9.17) is 16.6 Å². The van der Waals surface area contributed by atoms with Crippen LogP contribution in [0.4, 0.5) is 5.82 Å². The second-order valence-electron chi connectivity index (χ2n) is 9.83. The zero-order valence-electron chi connectivity index (χ0n) is 21.2. The largest absolute Gasteiger partial charge is 0.366 e. The number of rotatable bonds is 7. The number of anilines is 1. The van der Waals surface area contributed by atoms with Crippen molar-refractivity contribution in [3.05, 3.63) is 117 Å². The van der Waals surface area contributed by atoms with Crippen molar-refractivity contribution >= 4 is 44.9 Å². The van der Waals surface area contributed by atoms with E-state index in [9.17, 15) is 4.79 Å². The highest BCUT2D eigenvalue weighted by Gasteiger charge is 2.24. The number of hydrogen-bond acceptors (Lipinski definition) is 4. The van der Waals surface area contributed by atoms with Gasteiger partial charge in [0.1, 0.15) is 5.82 Å². The average Bonchev–Trinajstić information content (AvgIpc) is 3.35. The third-order valence-electron chi connectivity index (χ3n) is 7.26. The molecule has 1 aliphatic rings. The van der Waals surface area contributed by atoms with Crippen molar-refractivity contribution in [1.29, 1.82) is 0 Å². The number of nitrogens with one attached hydrogen (secondary N) is 2. The minimum atomic E-state index is 0.0403. The summed E-state index contributed by atoms with van der Waals surface area (Å²) in [5, 5.41) is 11.7. The fourth-order valence-electron chi connectivity index (χ4n) is 5.09. The van der Waals surface area contributed by atoms with E-state index in [1.54, 1.807) is 10.7 Å². The minimum absolute atomic E-state index is 0.0403. The molecule has 39 heavy (non-hydrogen) atoms.